The molecule has 3 heteroatoms. The summed E-state index contributed by atoms with van der Waals surface area (Å²) in [4.78, 5) is 0. The van der Waals surface area contributed by atoms with Crippen molar-refractivity contribution in [2.45, 2.75) is 26.3 Å². The number of nitrogens with one attached hydrogen (secondary N) is 1. The predicted octanol–water partition coefficient (Wildman–Crippen LogP) is 3.65. The molecule has 1 nitrogen and oxygen atoms in total. The maximum atomic E-state index is 13.5. The summed E-state index contributed by atoms with van der Waals surface area (Å²) in [6.07, 6.45) is 1.06. The van der Waals surface area contributed by atoms with Crippen LogP contribution in [0.3, 0.4) is 0 Å². The highest BCUT2D eigenvalue weighted by atomic mass is 79.9. The number of halogens is 2. The smallest absolute Gasteiger partial charge is 0.129 e. The number of benzene rings is 1. The van der Waals surface area contributed by atoms with Gasteiger partial charge in [0, 0.05) is 16.1 Å². The van der Waals surface area contributed by atoms with Gasteiger partial charge in [-0.3, -0.25) is 0 Å². The SMILES string of the molecule is CCCNC(C)c1ccc(Br)cc1F. The molecule has 1 atom stereocenters. The Morgan fingerprint density at radius 3 is 2.79 bits per heavy atom. The lowest BCUT2D eigenvalue weighted by atomic mass is 10.1. The molecule has 0 spiro atoms. The van der Waals surface area contributed by atoms with E-state index >= 15 is 0 Å². The average molecular weight is 260 g/mol. The van der Waals surface area contributed by atoms with Crippen molar-refractivity contribution < 1.29 is 4.39 Å². The molecular formula is C11H15BrFN. The molecule has 0 saturated carbocycles. The van der Waals surface area contributed by atoms with Gasteiger partial charge in [-0.1, -0.05) is 28.9 Å². The Morgan fingerprint density at radius 2 is 2.21 bits per heavy atom. The second kappa shape index (κ2) is 5.47. The summed E-state index contributed by atoms with van der Waals surface area (Å²) in [5.41, 5.74) is 0.724. The Morgan fingerprint density at radius 1 is 1.50 bits per heavy atom. The van der Waals surface area contributed by atoms with Crippen LogP contribution in [0.25, 0.3) is 0 Å². The van der Waals surface area contributed by atoms with E-state index in [9.17, 15) is 4.39 Å². The molecule has 1 N–H and O–H groups in total. The fourth-order valence-corrected chi connectivity index (χ4v) is 1.66. The molecular weight excluding hydrogens is 245 g/mol. The molecule has 1 aromatic carbocycles. The minimum Gasteiger partial charge on any atom is -0.310 e. The van der Waals surface area contributed by atoms with E-state index in [1.165, 1.54) is 6.07 Å². The molecule has 0 aliphatic heterocycles. The molecule has 78 valence electrons. The second-order valence-electron chi connectivity index (χ2n) is 3.34. The number of hydrogen-bond donors (Lipinski definition) is 1. The van der Waals surface area contributed by atoms with Crippen molar-refractivity contribution >= 4 is 15.9 Å². The zero-order valence-corrected chi connectivity index (χ0v) is 10.1. The van der Waals surface area contributed by atoms with Crippen LogP contribution >= 0.6 is 15.9 Å². The second-order valence-corrected chi connectivity index (χ2v) is 4.26. The van der Waals surface area contributed by atoms with Gasteiger partial charge in [0.25, 0.3) is 0 Å². The quantitative estimate of drug-likeness (QED) is 0.871. The van der Waals surface area contributed by atoms with Crippen molar-refractivity contribution in [3.63, 3.8) is 0 Å². The highest BCUT2D eigenvalue weighted by molar-refractivity contribution is 9.10. The first-order chi connectivity index (χ1) is 6.65. The Hall–Kier alpha value is -0.410. The maximum Gasteiger partial charge on any atom is 0.129 e. The van der Waals surface area contributed by atoms with Crippen LogP contribution in [-0.2, 0) is 0 Å². The molecule has 0 aromatic heterocycles. The van der Waals surface area contributed by atoms with E-state index in [2.05, 4.69) is 28.2 Å². The summed E-state index contributed by atoms with van der Waals surface area (Å²) in [7, 11) is 0. The van der Waals surface area contributed by atoms with E-state index in [0.29, 0.717) is 0 Å². The van der Waals surface area contributed by atoms with E-state index in [1.807, 2.05) is 19.1 Å². The molecule has 1 aromatic rings. The van der Waals surface area contributed by atoms with Gasteiger partial charge < -0.3 is 5.32 Å². The van der Waals surface area contributed by atoms with Gasteiger partial charge in [0.2, 0.25) is 0 Å². The summed E-state index contributed by atoms with van der Waals surface area (Å²) in [5, 5.41) is 3.25. The average Bonchev–Trinajstić information content (AvgIpc) is 2.14. The lowest BCUT2D eigenvalue weighted by Gasteiger charge is -2.14. The standard InChI is InChI=1S/C11H15BrFN/c1-3-6-14-8(2)10-5-4-9(12)7-11(10)13/h4-5,7-8,14H,3,6H2,1-2H3. The Labute approximate surface area is 92.8 Å². The molecule has 0 amide bonds. The summed E-state index contributed by atoms with van der Waals surface area (Å²) < 4.78 is 14.2. The maximum absolute atomic E-state index is 13.5. The van der Waals surface area contributed by atoms with Crippen LogP contribution in [0.2, 0.25) is 0 Å². The van der Waals surface area contributed by atoms with E-state index in [-0.39, 0.29) is 11.9 Å². The summed E-state index contributed by atoms with van der Waals surface area (Å²) in [5.74, 6) is -0.157. The minimum atomic E-state index is -0.157. The van der Waals surface area contributed by atoms with Crippen LogP contribution in [0.1, 0.15) is 31.9 Å². The molecule has 14 heavy (non-hydrogen) atoms. The van der Waals surface area contributed by atoms with Crippen LogP contribution in [-0.4, -0.2) is 6.54 Å². The molecule has 0 saturated heterocycles. The monoisotopic (exact) mass is 259 g/mol. The summed E-state index contributed by atoms with van der Waals surface area (Å²) >= 11 is 3.24. The Bertz CT molecular complexity index is 301. The normalized spacial score (nSPS) is 12.9. The summed E-state index contributed by atoms with van der Waals surface area (Å²) in [6, 6.07) is 5.25. The third-order valence-corrected chi connectivity index (χ3v) is 2.62. The molecule has 1 unspecified atom stereocenters. The van der Waals surface area contributed by atoms with Gasteiger partial charge in [0.1, 0.15) is 5.82 Å². The lowest BCUT2D eigenvalue weighted by Crippen LogP contribution is -2.20. The van der Waals surface area contributed by atoms with Crippen molar-refractivity contribution in [3.8, 4) is 0 Å². The predicted molar refractivity (Wildman–Crippen MR) is 60.8 cm³/mol. The third kappa shape index (κ3) is 3.07. The van der Waals surface area contributed by atoms with Gasteiger partial charge in [-0.25, -0.2) is 4.39 Å². The first-order valence-electron chi connectivity index (χ1n) is 4.83. The fraction of sp³-hybridized carbons (Fsp3) is 0.455. The molecule has 0 aliphatic rings. The van der Waals surface area contributed by atoms with Gasteiger partial charge >= 0.3 is 0 Å². The first kappa shape index (κ1) is 11.7. The number of rotatable bonds is 4. The van der Waals surface area contributed by atoms with Crippen molar-refractivity contribution in [1.82, 2.24) is 5.32 Å². The van der Waals surface area contributed by atoms with Crippen molar-refractivity contribution in [1.29, 1.82) is 0 Å². The zero-order chi connectivity index (χ0) is 10.6. The lowest BCUT2D eigenvalue weighted by molar-refractivity contribution is 0.527. The van der Waals surface area contributed by atoms with Crippen LogP contribution in [0.4, 0.5) is 4.39 Å². The van der Waals surface area contributed by atoms with E-state index in [1.54, 1.807) is 0 Å². The van der Waals surface area contributed by atoms with E-state index in [0.717, 1.165) is 23.0 Å². The van der Waals surface area contributed by atoms with E-state index < -0.39 is 0 Å². The van der Waals surface area contributed by atoms with Crippen LogP contribution in [0.15, 0.2) is 22.7 Å². The minimum absolute atomic E-state index is 0.0723. The molecule has 0 heterocycles. The number of hydrogen-bond acceptors (Lipinski definition) is 1. The topological polar surface area (TPSA) is 12.0 Å². The molecule has 0 aliphatic carbocycles. The fourth-order valence-electron chi connectivity index (χ4n) is 1.32. The largest absolute Gasteiger partial charge is 0.310 e. The van der Waals surface area contributed by atoms with Gasteiger partial charge in [0.15, 0.2) is 0 Å². The van der Waals surface area contributed by atoms with Crippen LogP contribution < -0.4 is 5.32 Å². The van der Waals surface area contributed by atoms with Crippen molar-refractivity contribution in [2.24, 2.45) is 0 Å². The van der Waals surface area contributed by atoms with Crippen LogP contribution in [0, 0.1) is 5.82 Å². The Kier molecular flexibility index (Phi) is 4.55. The molecule has 0 radical (unpaired) electrons. The molecule has 0 fully saturated rings. The van der Waals surface area contributed by atoms with Crippen LogP contribution in [0.5, 0.6) is 0 Å². The van der Waals surface area contributed by atoms with Gasteiger partial charge in [-0.05, 0) is 32.0 Å². The van der Waals surface area contributed by atoms with E-state index in [4.69, 9.17) is 0 Å². The highest BCUT2D eigenvalue weighted by Crippen LogP contribution is 2.20. The highest BCUT2D eigenvalue weighted by Gasteiger charge is 2.09. The first-order valence-corrected chi connectivity index (χ1v) is 5.62. The van der Waals surface area contributed by atoms with Gasteiger partial charge in [0.05, 0.1) is 0 Å². The third-order valence-electron chi connectivity index (χ3n) is 2.13. The van der Waals surface area contributed by atoms with Crippen molar-refractivity contribution in [3.05, 3.63) is 34.1 Å². The molecule has 1 rings (SSSR count). The Balaban J connectivity index is 2.74. The molecule has 0 bridgehead atoms. The van der Waals surface area contributed by atoms with Gasteiger partial charge in [-0.15, -0.1) is 0 Å². The summed E-state index contributed by atoms with van der Waals surface area (Å²) in [6.45, 7) is 4.98. The van der Waals surface area contributed by atoms with Crippen molar-refractivity contribution in [2.75, 3.05) is 6.54 Å². The zero-order valence-electron chi connectivity index (χ0n) is 8.48. The van der Waals surface area contributed by atoms with Gasteiger partial charge in [-0.2, -0.15) is 0 Å².